The van der Waals surface area contributed by atoms with E-state index < -0.39 is 16.6 Å². The standard InChI is InChI=1S/C15H10N2O2S/c16-8-17-13(18)11-10-6-7-15(20-10,12(11)14(17)19)9-4-2-1-3-5-9/h1-7,10-12H. The molecule has 4 rings (SSSR count). The van der Waals surface area contributed by atoms with Gasteiger partial charge in [-0.2, -0.15) is 10.2 Å². The first-order chi connectivity index (χ1) is 9.69. The van der Waals surface area contributed by atoms with Crippen LogP contribution < -0.4 is 0 Å². The topological polar surface area (TPSA) is 61.2 Å². The molecule has 3 aliphatic rings. The number of benzene rings is 1. The number of likely N-dealkylation sites (tertiary alicyclic amines) is 1. The van der Waals surface area contributed by atoms with Gasteiger partial charge in [-0.25, -0.2) is 0 Å². The van der Waals surface area contributed by atoms with Crippen LogP contribution in [0.2, 0.25) is 0 Å². The predicted molar refractivity (Wildman–Crippen MR) is 73.1 cm³/mol. The SMILES string of the molecule is N#CN1C(=O)C2C3C=CC(c4ccccc4)(S3)C2C1=O. The first-order valence-corrected chi connectivity index (χ1v) is 7.27. The minimum Gasteiger partial charge on any atom is -0.273 e. The van der Waals surface area contributed by atoms with E-state index in [2.05, 4.69) is 0 Å². The molecule has 0 aromatic heterocycles. The maximum Gasteiger partial charge on any atom is 0.248 e. The lowest BCUT2D eigenvalue weighted by atomic mass is 9.74. The molecule has 0 radical (unpaired) electrons. The van der Waals surface area contributed by atoms with Gasteiger partial charge in [0.25, 0.3) is 0 Å². The molecule has 4 atom stereocenters. The van der Waals surface area contributed by atoms with Crippen LogP contribution in [0.1, 0.15) is 5.56 Å². The van der Waals surface area contributed by atoms with Crippen LogP contribution in [0.15, 0.2) is 42.5 Å². The highest BCUT2D eigenvalue weighted by Crippen LogP contribution is 2.64. The smallest absolute Gasteiger partial charge is 0.248 e. The van der Waals surface area contributed by atoms with E-state index in [1.165, 1.54) is 0 Å². The van der Waals surface area contributed by atoms with Crippen molar-refractivity contribution in [2.45, 2.75) is 10.00 Å². The number of hydrogen-bond acceptors (Lipinski definition) is 4. The molecule has 20 heavy (non-hydrogen) atoms. The summed E-state index contributed by atoms with van der Waals surface area (Å²) in [6.07, 6.45) is 5.76. The number of imide groups is 1. The van der Waals surface area contributed by atoms with Gasteiger partial charge in [0.05, 0.1) is 16.6 Å². The summed E-state index contributed by atoms with van der Waals surface area (Å²) >= 11 is 1.66. The lowest BCUT2D eigenvalue weighted by Crippen LogP contribution is -2.35. The second kappa shape index (κ2) is 3.74. The molecule has 2 amide bonds. The van der Waals surface area contributed by atoms with Crippen LogP contribution >= 0.6 is 11.8 Å². The van der Waals surface area contributed by atoms with Crippen molar-refractivity contribution in [3.05, 3.63) is 48.0 Å². The summed E-state index contributed by atoms with van der Waals surface area (Å²) < 4.78 is -0.491. The third-order valence-corrected chi connectivity index (χ3v) is 6.09. The Kier molecular flexibility index (Phi) is 2.19. The zero-order chi connectivity index (χ0) is 13.9. The van der Waals surface area contributed by atoms with Gasteiger partial charge < -0.3 is 0 Å². The highest BCUT2D eigenvalue weighted by molar-refractivity contribution is 8.01. The van der Waals surface area contributed by atoms with Crippen molar-refractivity contribution in [2.75, 3.05) is 0 Å². The van der Waals surface area contributed by atoms with E-state index in [9.17, 15) is 9.59 Å². The molecule has 4 nitrogen and oxygen atoms in total. The van der Waals surface area contributed by atoms with Crippen molar-refractivity contribution in [2.24, 2.45) is 11.8 Å². The number of carbonyl (C=O) groups excluding carboxylic acids is 2. The molecule has 4 unspecified atom stereocenters. The summed E-state index contributed by atoms with van der Waals surface area (Å²) in [5.41, 5.74) is 1.03. The highest BCUT2D eigenvalue weighted by Gasteiger charge is 2.67. The van der Waals surface area contributed by atoms with Gasteiger partial charge in [-0.05, 0) is 5.56 Å². The zero-order valence-corrected chi connectivity index (χ0v) is 11.2. The summed E-state index contributed by atoms with van der Waals surface area (Å²) in [5, 5.41) is 9.01. The predicted octanol–water partition coefficient (Wildman–Crippen LogP) is 1.65. The average Bonchev–Trinajstić information content (AvgIpc) is 3.12. The number of hydrogen-bond donors (Lipinski definition) is 0. The van der Waals surface area contributed by atoms with Crippen LogP contribution in [0.25, 0.3) is 0 Å². The fourth-order valence-electron chi connectivity index (χ4n) is 3.53. The van der Waals surface area contributed by atoms with E-state index in [1.807, 2.05) is 42.5 Å². The molecular weight excluding hydrogens is 272 g/mol. The van der Waals surface area contributed by atoms with Crippen LogP contribution in [0.5, 0.6) is 0 Å². The Hall–Kier alpha value is -2.06. The molecule has 2 bridgehead atoms. The Morgan fingerprint density at radius 1 is 1.20 bits per heavy atom. The van der Waals surface area contributed by atoms with Gasteiger partial charge in [-0.3, -0.25) is 9.59 Å². The Morgan fingerprint density at radius 2 is 1.95 bits per heavy atom. The quantitative estimate of drug-likeness (QED) is 0.446. The van der Waals surface area contributed by atoms with Crippen LogP contribution in [0.4, 0.5) is 0 Å². The molecule has 3 aliphatic heterocycles. The molecule has 5 heteroatoms. The monoisotopic (exact) mass is 282 g/mol. The zero-order valence-electron chi connectivity index (χ0n) is 10.4. The first kappa shape index (κ1) is 11.7. The Morgan fingerprint density at radius 3 is 2.65 bits per heavy atom. The van der Waals surface area contributed by atoms with Crippen molar-refractivity contribution in [3.63, 3.8) is 0 Å². The summed E-state index contributed by atoms with van der Waals surface area (Å²) in [6.45, 7) is 0. The number of carbonyl (C=O) groups is 2. The fourth-order valence-corrected chi connectivity index (χ4v) is 5.38. The van der Waals surface area contributed by atoms with E-state index in [4.69, 9.17) is 5.26 Å². The molecule has 0 spiro atoms. The largest absolute Gasteiger partial charge is 0.273 e. The van der Waals surface area contributed by atoms with Crippen molar-refractivity contribution in [1.29, 1.82) is 5.26 Å². The number of amides is 2. The van der Waals surface area contributed by atoms with E-state index >= 15 is 0 Å². The lowest BCUT2D eigenvalue weighted by Gasteiger charge is -2.29. The summed E-state index contributed by atoms with van der Waals surface area (Å²) in [6, 6.07) is 9.76. The number of nitriles is 1. The summed E-state index contributed by atoms with van der Waals surface area (Å²) in [4.78, 5) is 25.4. The molecule has 0 saturated carbocycles. The lowest BCUT2D eigenvalue weighted by molar-refractivity contribution is -0.136. The maximum absolute atomic E-state index is 12.4. The second-order valence-electron chi connectivity index (χ2n) is 5.22. The van der Waals surface area contributed by atoms with Crippen molar-refractivity contribution in [1.82, 2.24) is 4.90 Å². The molecule has 2 saturated heterocycles. The van der Waals surface area contributed by atoms with Gasteiger partial charge in [-0.15, -0.1) is 11.8 Å². The molecule has 0 N–H and O–H groups in total. The van der Waals surface area contributed by atoms with Crippen LogP contribution in [0.3, 0.4) is 0 Å². The van der Waals surface area contributed by atoms with E-state index in [1.54, 1.807) is 18.0 Å². The number of nitrogens with zero attached hydrogens (tertiary/aromatic N) is 2. The fraction of sp³-hybridized carbons (Fsp3) is 0.267. The Balaban J connectivity index is 1.88. The minimum absolute atomic E-state index is 0.00462. The van der Waals surface area contributed by atoms with Crippen LogP contribution in [-0.4, -0.2) is 22.0 Å². The molecule has 98 valence electrons. The van der Waals surface area contributed by atoms with Crippen molar-refractivity contribution in [3.8, 4) is 6.19 Å². The third-order valence-electron chi connectivity index (χ3n) is 4.36. The van der Waals surface area contributed by atoms with Gasteiger partial charge in [0.15, 0.2) is 6.19 Å². The highest BCUT2D eigenvalue weighted by atomic mass is 32.2. The second-order valence-corrected chi connectivity index (χ2v) is 6.67. The Bertz CT molecular complexity index is 694. The van der Waals surface area contributed by atoms with Gasteiger partial charge in [0.2, 0.25) is 11.8 Å². The van der Waals surface area contributed by atoms with Crippen LogP contribution in [0, 0.1) is 23.3 Å². The third kappa shape index (κ3) is 1.18. The van der Waals surface area contributed by atoms with Crippen LogP contribution in [-0.2, 0) is 14.3 Å². The minimum atomic E-state index is -0.491. The molecule has 3 heterocycles. The van der Waals surface area contributed by atoms with Gasteiger partial charge in [0.1, 0.15) is 0 Å². The van der Waals surface area contributed by atoms with Crippen molar-refractivity contribution >= 4 is 23.6 Å². The van der Waals surface area contributed by atoms with E-state index in [-0.39, 0.29) is 17.1 Å². The number of rotatable bonds is 1. The maximum atomic E-state index is 12.4. The summed E-state index contributed by atoms with van der Waals surface area (Å²) in [5.74, 6) is -1.54. The molecule has 1 aromatic carbocycles. The van der Waals surface area contributed by atoms with E-state index in [0.717, 1.165) is 10.5 Å². The average molecular weight is 282 g/mol. The molecule has 1 aromatic rings. The normalized spacial score (nSPS) is 37.4. The van der Waals surface area contributed by atoms with Gasteiger partial charge in [0, 0.05) is 5.25 Å². The summed E-state index contributed by atoms with van der Waals surface area (Å²) in [7, 11) is 0. The van der Waals surface area contributed by atoms with E-state index in [0.29, 0.717) is 0 Å². The first-order valence-electron chi connectivity index (χ1n) is 6.39. The number of fused-ring (bicyclic) bond motifs is 5. The molecular formula is C15H10N2O2S. The Labute approximate surface area is 120 Å². The van der Waals surface area contributed by atoms with Crippen molar-refractivity contribution < 1.29 is 9.59 Å². The molecule has 2 fully saturated rings. The molecule has 0 aliphatic carbocycles. The van der Waals surface area contributed by atoms with Gasteiger partial charge in [-0.1, -0.05) is 42.5 Å². The number of thioether (sulfide) groups is 1. The van der Waals surface area contributed by atoms with Gasteiger partial charge >= 0.3 is 0 Å².